The normalized spacial score (nSPS) is 10.9. The van der Waals surface area contributed by atoms with Gasteiger partial charge in [-0.15, -0.1) is 0 Å². The van der Waals surface area contributed by atoms with Gasteiger partial charge in [0.25, 0.3) is 5.91 Å². The minimum absolute atomic E-state index is 0.253. The smallest absolute Gasteiger partial charge is 0.287 e. The Morgan fingerprint density at radius 1 is 1.30 bits per heavy atom. The zero-order valence-electron chi connectivity index (χ0n) is 12.9. The summed E-state index contributed by atoms with van der Waals surface area (Å²) < 4.78 is 5.68. The molecule has 0 spiro atoms. The van der Waals surface area contributed by atoms with Gasteiger partial charge >= 0.3 is 0 Å². The van der Waals surface area contributed by atoms with Gasteiger partial charge in [0.1, 0.15) is 0 Å². The number of carbonyl (C=O) groups excluding carboxylic acids is 1. The maximum atomic E-state index is 12.3. The molecule has 5 nitrogen and oxygen atoms in total. The predicted octanol–water partition coefficient (Wildman–Crippen LogP) is 3.47. The Bertz CT molecular complexity index is 859. The SMILES string of the molecule is Cc1cc(Cl)c2oc(C(=O)NCCc3cnccn3)c(C)c2c1. The first-order valence-electron chi connectivity index (χ1n) is 7.28. The third-order valence-electron chi connectivity index (χ3n) is 3.63. The minimum Gasteiger partial charge on any atom is -0.449 e. The van der Waals surface area contributed by atoms with E-state index in [0.29, 0.717) is 29.3 Å². The van der Waals surface area contributed by atoms with Gasteiger partial charge in [0.05, 0.1) is 10.7 Å². The second kappa shape index (κ2) is 6.38. The topological polar surface area (TPSA) is 68.0 Å². The van der Waals surface area contributed by atoms with Gasteiger partial charge in [0.15, 0.2) is 11.3 Å². The van der Waals surface area contributed by atoms with Gasteiger partial charge in [0, 0.05) is 42.5 Å². The van der Waals surface area contributed by atoms with Crippen LogP contribution in [0, 0.1) is 13.8 Å². The van der Waals surface area contributed by atoms with E-state index < -0.39 is 0 Å². The number of halogens is 1. The van der Waals surface area contributed by atoms with Gasteiger partial charge in [-0.1, -0.05) is 11.6 Å². The highest BCUT2D eigenvalue weighted by Crippen LogP contribution is 2.32. The van der Waals surface area contributed by atoms with Crippen molar-refractivity contribution in [2.24, 2.45) is 0 Å². The molecule has 1 aromatic carbocycles. The first-order chi connectivity index (χ1) is 11.1. The number of fused-ring (bicyclic) bond motifs is 1. The Morgan fingerprint density at radius 2 is 2.13 bits per heavy atom. The number of rotatable bonds is 4. The van der Waals surface area contributed by atoms with Gasteiger partial charge in [-0.2, -0.15) is 0 Å². The Labute approximate surface area is 138 Å². The van der Waals surface area contributed by atoms with E-state index in [1.807, 2.05) is 26.0 Å². The van der Waals surface area contributed by atoms with Crippen LogP contribution in [0.3, 0.4) is 0 Å². The summed E-state index contributed by atoms with van der Waals surface area (Å²) in [6, 6.07) is 3.79. The number of aryl methyl sites for hydroxylation is 2. The van der Waals surface area contributed by atoms with Crippen molar-refractivity contribution >= 4 is 28.5 Å². The highest BCUT2D eigenvalue weighted by atomic mass is 35.5. The van der Waals surface area contributed by atoms with Crippen LogP contribution in [0.2, 0.25) is 5.02 Å². The molecule has 0 atom stereocenters. The molecule has 2 heterocycles. The number of nitrogens with zero attached hydrogens (tertiary/aromatic N) is 2. The van der Waals surface area contributed by atoms with E-state index in [1.54, 1.807) is 18.6 Å². The average Bonchev–Trinajstić information content (AvgIpc) is 2.86. The lowest BCUT2D eigenvalue weighted by Gasteiger charge is -2.03. The first kappa shape index (κ1) is 15.5. The summed E-state index contributed by atoms with van der Waals surface area (Å²) in [5.74, 6) is 0.0444. The summed E-state index contributed by atoms with van der Waals surface area (Å²) in [6.07, 6.45) is 5.54. The van der Waals surface area contributed by atoms with Crippen LogP contribution < -0.4 is 5.32 Å². The standard InChI is InChI=1S/C17H16ClN3O2/c1-10-7-13-11(2)15(23-16(13)14(18)8-10)17(22)21-4-3-12-9-19-5-6-20-12/h5-9H,3-4H2,1-2H3,(H,21,22). The number of hydrogen-bond donors (Lipinski definition) is 1. The van der Waals surface area contributed by atoms with Gasteiger partial charge in [-0.3, -0.25) is 14.8 Å². The molecular weight excluding hydrogens is 314 g/mol. The number of amides is 1. The first-order valence-corrected chi connectivity index (χ1v) is 7.66. The van der Waals surface area contributed by atoms with Crippen molar-refractivity contribution in [1.82, 2.24) is 15.3 Å². The lowest BCUT2D eigenvalue weighted by atomic mass is 10.1. The second-order valence-corrected chi connectivity index (χ2v) is 5.79. The summed E-state index contributed by atoms with van der Waals surface area (Å²) in [4.78, 5) is 20.5. The number of carbonyl (C=O) groups is 1. The van der Waals surface area contributed by atoms with E-state index in [4.69, 9.17) is 16.0 Å². The van der Waals surface area contributed by atoms with E-state index in [0.717, 1.165) is 22.2 Å². The van der Waals surface area contributed by atoms with Crippen molar-refractivity contribution < 1.29 is 9.21 Å². The van der Waals surface area contributed by atoms with Crippen molar-refractivity contribution in [3.63, 3.8) is 0 Å². The maximum absolute atomic E-state index is 12.3. The highest BCUT2D eigenvalue weighted by molar-refractivity contribution is 6.35. The van der Waals surface area contributed by atoms with Crippen LogP contribution in [0.25, 0.3) is 11.0 Å². The van der Waals surface area contributed by atoms with Gasteiger partial charge in [0.2, 0.25) is 0 Å². The lowest BCUT2D eigenvalue weighted by molar-refractivity contribution is 0.0927. The molecule has 0 unspecified atom stereocenters. The second-order valence-electron chi connectivity index (χ2n) is 5.38. The minimum atomic E-state index is -0.253. The number of nitrogens with one attached hydrogen (secondary N) is 1. The quantitative estimate of drug-likeness (QED) is 0.795. The molecule has 23 heavy (non-hydrogen) atoms. The van der Waals surface area contributed by atoms with Gasteiger partial charge in [-0.05, 0) is 31.5 Å². The molecule has 1 amide bonds. The molecule has 3 aromatic rings. The molecule has 2 aromatic heterocycles. The van der Waals surface area contributed by atoms with E-state index in [-0.39, 0.29) is 5.91 Å². The van der Waals surface area contributed by atoms with Crippen molar-refractivity contribution in [3.8, 4) is 0 Å². The van der Waals surface area contributed by atoms with Crippen molar-refractivity contribution in [3.05, 3.63) is 58.3 Å². The summed E-state index contributed by atoms with van der Waals surface area (Å²) in [5.41, 5.74) is 3.20. The zero-order valence-corrected chi connectivity index (χ0v) is 13.6. The molecule has 118 valence electrons. The highest BCUT2D eigenvalue weighted by Gasteiger charge is 2.19. The van der Waals surface area contributed by atoms with Crippen LogP contribution >= 0.6 is 11.6 Å². The number of aromatic nitrogens is 2. The molecule has 0 saturated carbocycles. The molecule has 6 heteroatoms. The monoisotopic (exact) mass is 329 g/mol. The molecule has 0 aliphatic rings. The van der Waals surface area contributed by atoms with E-state index in [9.17, 15) is 4.79 Å². The lowest BCUT2D eigenvalue weighted by Crippen LogP contribution is -2.26. The van der Waals surface area contributed by atoms with E-state index >= 15 is 0 Å². The molecule has 0 aliphatic heterocycles. The Morgan fingerprint density at radius 3 is 2.87 bits per heavy atom. The van der Waals surface area contributed by atoms with Crippen LogP contribution in [0.1, 0.15) is 27.4 Å². The van der Waals surface area contributed by atoms with Gasteiger partial charge < -0.3 is 9.73 Å². The fraction of sp³-hybridized carbons (Fsp3) is 0.235. The largest absolute Gasteiger partial charge is 0.449 e. The molecule has 0 saturated heterocycles. The molecule has 0 fully saturated rings. The molecular formula is C17H16ClN3O2. The van der Waals surface area contributed by atoms with Crippen molar-refractivity contribution in [2.45, 2.75) is 20.3 Å². The van der Waals surface area contributed by atoms with Crippen LogP contribution in [0.4, 0.5) is 0 Å². The van der Waals surface area contributed by atoms with Crippen molar-refractivity contribution in [1.29, 1.82) is 0 Å². The summed E-state index contributed by atoms with van der Waals surface area (Å²) >= 11 is 6.20. The number of hydrogen-bond acceptors (Lipinski definition) is 4. The van der Waals surface area contributed by atoms with E-state index in [1.165, 1.54) is 0 Å². The Kier molecular flexibility index (Phi) is 4.30. The summed E-state index contributed by atoms with van der Waals surface area (Å²) in [5, 5.41) is 4.22. The Hall–Kier alpha value is -2.40. The average molecular weight is 330 g/mol. The summed E-state index contributed by atoms with van der Waals surface area (Å²) in [6.45, 7) is 4.28. The van der Waals surface area contributed by atoms with Crippen LogP contribution in [-0.4, -0.2) is 22.4 Å². The molecule has 0 bridgehead atoms. The Balaban J connectivity index is 1.76. The zero-order chi connectivity index (χ0) is 16.4. The van der Waals surface area contributed by atoms with Gasteiger partial charge in [-0.25, -0.2) is 0 Å². The molecule has 1 N–H and O–H groups in total. The predicted molar refractivity (Wildman–Crippen MR) is 88.8 cm³/mol. The van der Waals surface area contributed by atoms with Crippen LogP contribution in [0.15, 0.2) is 35.1 Å². The third-order valence-corrected chi connectivity index (χ3v) is 3.91. The van der Waals surface area contributed by atoms with E-state index in [2.05, 4.69) is 15.3 Å². The van der Waals surface area contributed by atoms with Crippen LogP contribution in [-0.2, 0) is 6.42 Å². The fourth-order valence-corrected chi connectivity index (χ4v) is 2.78. The summed E-state index contributed by atoms with van der Waals surface area (Å²) in [7, 11) is 0. The van der Waals surface area contributed by atoms with Crippen molar-refractivity contribution in [2.75, 3.05) is 6.54 Å². The fourth-order valence-electron chi connectivity index (χ4n) is 2.47. The number of benzene rings is 1. The third kappa shape index (κ3) is 3.19. The maximum Gasteiger partial charge on any atom is 0.287 e. The molecule has 0 radical (unpaired) electrons. The van der Waals surface area contributed by atoms with Crippen LogP contribution in [0.5, 0.6) is 0 Å². The number of furan rings is 1. The molecule has 0 aliphatic carbocycles. The molecule has 3 rings (SSSR count).